The van der Waals surface area contributed by atoms with Gasteiger partial charge in [-0.2, -0.15) is 0 Å². The van der Waals surface area contributed by atoms with E-state index in [-0.39, 0.29) is 40.9 Å². The van der Waals surface area contributed by atoms with Crippen LogP contribution < -0.4 is 0 Å². The van der Waals surface area contributed by atoms with E-state index in [4.69, 9.17) is 0 Å². The van der Waals surface area contributed by atoms with Gasteiger partial charge in [-0.15, -0.1) is 0 Å². The predicted molar refractivity (Wildman–Crippen MR) is 102 cm³/mol. The van der Waals surface area contributed by atoms with E-state index in [1.165, 1.54) is 0 Å². The highest BCUT2D eigenvalue weighted by Crippen LogP contribution is 2.44. The minimum Gasteiger partial charge on any atom is -0.507 e. The Hall–Kier alpha value is -1.71. The monoisotopic (exact) mass is 350 g/mol. The molecule has 1 aromatic rings. The van der Waals surface area contributed by atoms with E-state index >= 15 is 0 Å². The molecule has 0 saturated heterocycles. The van der Waals surface area contributed by atoms with Gasteiger partial charge in [0.1, 0.15) is 22.8 Å². The summed E-state index contributed by atoms with van der Waals surface area (Å²) in [7, 11) is 0. The second kappa shape index (κ2) is 9.12. The number of Topliss-reactive ketones (excluding diaryl/α,β-unsaturated/α-hetero) is 1. The average Bonchev–Trinajstić information content (AvgIpc) is 2.45. The van der Waals surface area contributed by atoms with Crippen LogP contribution in [-0.2, 0) is 12.8 Å². The molecule has 0 fully saturated rings. The Kier molecular flexibility index (Phi) is 7.78. The quantitative estimate of drug-likeness (QED) is 0.534. The van der Waals surface area contributed by atoms with Crippen LogP contribution in [0, 0.1) is 17.8 Å². The van der Waals surface area contributed by atoms with Crippen molar-refractivity contribution < 1.29 is 20.1 Å². The van der Waals surface area contributed by atoms with Gasteiger partial charge >= 0.3 is 0 Å². The van der Waals surface area contributed by atoms with Gasteiger partial charge in [0.25, 0.3) is 0 Å². The van der Waals surface area contributed by atoms with E-state index in [0.29, 0.717) is 35.8 Å². The molecule has 0 aliphatic rings. The summed E-state index contributed by atoms with van der Waals surface area (Å²) in [6.07, 6.45) is 2.78. The first-order valence-corrected chi connectivity index (χ1v) is 9.37. The minimum atomic E-state index is -0.276. The summed E-state index contributed by atoms with van der Waals surface area (Å²) in [6, 6.07) is 0. The highest BCUT2D eigenvalue weighted by molar-refractivity contribution is 6.02. The molecule has 142 valence electrons. The fourth-order valence-electron chi connectivity index (χ4n) is 2.90. The van der Waals surface area contributed by atoms with E-state index in [9.17, 15) is 20.1 Å². The molecule has 0 amide bonds. The molecular formula is C21H34O4. The normalized spacial score (nSPS) is 11.7. The van der Waals surface area contributed by atoms with Gasteiger partial charge < -0.3 is 15.3 Å². The Morgan fingerprint density at radius 2 is 1.12 bits per heavy atom. The number of benzene rings is 1. The third-order valence-corrected chi connectivity index (χ3v) is 4.43. The smallest absolute Gasteiger partial charge is 0.170 e. The lowest BCUT2D eigenvalue weighted by molar-refractivity contribution is 0.0962. The van der Waals surface area contributed by atoms with Crippen molar-refractivity contribution in [2.24, 2.45) is 17.8 Å². The molecule has 0 heterocycles. The van der Waals surface area contributed by atoms with Crippen LogP contribution in [0.3, 0.4) is 0 Å². The molecule has 0 radical (unpaired) electrons. The van der Waals surface area contributed by atoms with Crippen LogP contribution in [0.5, 0.6) is 17.2 Å². The summed E-state index contributed by atoms with van der Waals surface area (Å²) >= 11 is 0. The van der Waals surface area contributed by atoms with Crippen molar-refractivity contribution in [3.63, 3.8) is 0 Å². The zero-order valence-electron chi connectivity index (χ0n) is 16.5. The number of phenolic OH excluding ortho intramolecular Hbond substituents is 3. The molecule has 0 aromatic heterocycles. The summed E-state index contributed by atoms with van der Waals surface area (Å²) in [5, 5.41) is 31.8. The van der Waals surface area contributed by atoms with Crippen LogP contribution in [0.15, 0.2) is 0 Å². The summed E-state index contributed by atoms with van der Waals surface area (Å²) in [6.45, 7) is 12.1. The summed E-state index contributed by atoms with van der Waals surface area (Å²) in [5.41, 5.74) is 0.749. The fraction of sp³-hybridized carbons (Fsp3) is 0.667. The van der Waals surface area contributed by atoms with Gasteiger partial charge in [0.15, 0.2) is 5.78 Å². The number of carbonyl (C=O) groups excluding carboxylic acids is 1. The van der Waals surface area contributed by atoms with Gasteiger partial charge in [-0.25, -0.2) is 0 Å². The third-order valence-electron chi connectivity index (χ3n) is 4.43. The van der Waals surface area contributed by atoms with Crippen molar-refractivity contribution in [3.8, 4) is 17.2 Å². The molecule has 0 aliphatic carbocycles. The number of rotatable bonds is 9. The molecular weight excluding hydrogens is 316 g/mol. The molecule has 0 atom stereocenters. The molecule has 0 bridgehead atoms. The zero-order chi connectivity index (χ0) is 19.3. The van der Waals surface area contributed by atoms with Crippen molar-refractivity contribution >= 4 is 5.78 Å². The molecule has 0 spiro atoms. The van der Waals surface area contributed by atoms with Crippen LogP contribution in [-0.4, -0.2) is 21.1 Å². The van der Waals surface area contributed by atoms with Crippen molar-refractivity contribution in [2.75, 3.05) is 0 Å². The van der Waals surface area contributed by atoms with Gasteiger partial charge in [-0.05, 0) is 43.4 Å². The van der Waals surface area contributed by atoms with Crippen LogP contribution in [0.1, 0.15) is 82.3 Å². The largest absolute Gasteiger partial charge is 0.507 e. The number of carbonyl (C=O) groups is 1. The minimum absolute atomic E-state index is 0.0241. The standard InChI is InChI=1S/C21H34O4/c1-12(2)7-9-15-19(23)16(10-8-13(3)4)21(25)18(20(15)24)17(22)11-14(5)6/h12-14,23-25H,7-11H2,1-6H3. The number of phenols is 3. The first-order valence-electron chi connectivity index (χ1n) is 9.37. The number of aromatic hydroxyl groups is 3. The highest BCUT2D eigenvalue weighted by Gasteiger charge is 2.27. The second-order valence-corrected chi connectivity index (χ2v) is 8.26. The summed E-state index contributed by atoms with van der Waals surface area (Å²) < 4.78 is 0. The molecule has 4 heteroatoms. The Labute approximate surface area is 151 Å². The maximum absolute atomic E-state index is 12.6. The average molecular weight is 350 g/mol. The lowest BCUT2D eigenvalue weighted by Crippen LogP contribution is -2.08. The zero-order valence-corrected chi connectivity index (χ0v) is 16.5. The molecule has 0 aliphatic heterocycles. The molecule has 4 nitrogen and oxygen atoms in total. The van der Waals surface area contributed by atoms with Gasteiger partial charge in [-0.1, -0.05) is 41.5 Å². The molecule has 1 rings (SSSR count). The molecule has 25 heavy (non-hydrogen) atoms. The third kappa shape index (κ3) is 5.65. The Balaban J connectivity index is 3.44. The highest BCUT2D eigenvalue weighted by atomic mass is 16.3. The first-order chi connectivity index (χ1) is 11.6. The predicted octanol–water partition coefficient (Wildman–Crippen LogP) is 5.21. The van der Waals surface area contributed by atoms with Crippen LogP contribution in [0.4, 0.5) is 0 Å². The lowest BCUT2D eigenvalue weighted by Gasteiger charge is -2.19. The Morgan fingerprint density at radius 1 is 0.720 bits per heavy atom. The van der Waals surface area contributed by atoms with E-state index < -0.39 is 0 Å². The molecule has 1 aromatic carbocycles. The second-order valence-electron chi connectivity index (χ2n) is 8.26. The molecule has 0 saturated carbocycles. The summed E-state index contributed by atoms with van der Waals surface area (Å²) in [4.78, 5) is 12.6. The van der Waals surface area contributed by atoms with Crippen LogP contribution >= 0.6 is 0 Å². The van der Waals surface area contributed by atoms with Gasteiger partial charge in [-0.3, -0.25) is 4.79 Å². The summed E-state index contributed by atoms with van der Waals surface area (Å²) in [5.74, 6) is 0.0876. The van der Waals surface area contributed by atoms with Crippen LogP contribution in [0.2, 0.25) is 0 Å². The Bertz CT molecular complexity index is 561. The number of hydrogen-bond donors (Lipinski definition) is 3. The van der Waals surface area contributed by atoms with Gasteiger partial charge in [0, 0.05) is 17.5 Å². The van der Waals surface area contributed by atoms with Crippen molar-refractivity contribution in [2.45, 2.75) is 73.6 Å². The van der Waals surface area contributed by atoms with Gasteiger partial charge in [0.05, 0.1) is 0 Å². The van der Waals surface area contributed by atoms with E-state index in [1.807, 2.05) is 13.8 Å². The lowest BCUT2D eigenvalue weighted by atomic mass is 9.89. The maximum atomic E-state index is 12.6. The Morgan fingerprint density at radius 3 is 1.44 bits per heavy atom. The topological polar surface area (TPSA) is 77.8 Å². The fourth-order valence-corrected chi connectivity index (χ4v) is 2.90. The molecule has 3 N–H and O–H groups in total. The van der Waals surface area contributed by atoms with Crippen LogP contribution in [0.25, 0.3) is 0 Å². The van der Waals surface area contributed by atoms with E-state index in [0.717, 1.165) is 12.8 Å². The maximum Gasteiger partial charge on any atom is 0.170 e. The van der Waals surface area contributed by atoms with Crippen molar-refractivity contribution in [1.82, 2.24) is 0 Å². The molecule has 0 unspecified atom stereocenters. The van der Waals surface area contributed by atoms with Gasteiger partial charge in [0.2, 0.25) is 0 Å². The number of ketones is 1. The first kappa shape index (κ1) is 21.3. The number of hydrogen-bond acceptors (Lipinski definition) is 4. The van der Waals surface area contributed by atoms with E-state index in [2.05, 4.69) is 27.7 Å². The van der Waals surface area contributed by atoms with Crippen molar-refractivity contribution in [1.29, 1.82) is 0 Å². The SMILES string of the molecule is CC(C)CCc1c(O)c(CCC(C)C)c(O)c(C(=O)CC(C)C)c1O. The van der Waals surface area contributed by atoms with E-state index in [1.54, 1.807) is 0 Å². The van der Waals surface area contributed by atoms with Crippen molar-refractivity contribution in [3.05, 3.63) is 16.7 Å².